The van der Waals surface area contributed by atoms with Crippen molar-refractivity contribution < 1.29 is 9.59 Å². The summed E-state index contributed by atoms with van der Waals surface area (Å²) in [6.45, 7) is 3.07. The first-order chi connectivity index (χ1) is 14.1. The minimum atomic E-state index is -0.401. The molecule has 0 bridgehead atoms. The minimum absolute atomic E-state index is 0.0764. The van der Waals surface area contributed by atoms with E-state index in [0.717, 1.165) is 23.2 Å². The van der Waals surface area contributed by atoms with Crippen LogP contribution in [0.5, 0.6) is 0 Å². The van der Waals surface area contributed by atoms with Gasteiger partial charge in [0.25, 0.3) is 5.91 Å². The van der Waals surface area contributed by atoms with Crippen LogP contribution in [0, 0.1) is 6.92 Å². The molecule has 1 N–H and O–H groups in total. The molecule has 2 heterocycles. The average Bonchev–Trinajstić information content (AvgIpc) is 3.42. The van der Waals surface area contributed by atoms with Crippen LogP contribution in [0.15, 0.2) is 60.1 Å². The van der Waals surface area contributed by atoms with E-state index >= 15 is 0 Å². The second-order valence-electron chi connectivity index (χ2n) is 7.20. The van der Waals surface area contributed by atoms with Gasteiger partial charge in [-0.15, -0.1) is 11.3 Å². The lowest BCUT2D eigenvalue weighted by Gasteiger charge is -2.24. The SMILES string of the molecule is Cc1ncsc1-c1ccc(CNC(=O)[C@@H]2CCCN2C(=O)c2ccccc2)cc1. The van der Waals surface area contributed by atoms with Gasteiger partial charge in [0, 0.05) is 18.7 Å². The summed E-state index contributed by atoms with van der Waals surface area (Å²) in [6, 6.07) is 16.9. The fraction of sp³-hybridized carbons (Fsp3) is 0.261. The Balaban J connectivity index is 1.38. The summed E-state index contributed by atoms with van der Waals surface area (Å²) in [6.07, 6.45) is 1.55. The van der Waals surface area contributed by atoms with Gasteiger partial charge in [0.05, 0.1) is 16.1 Å². The van der Waals surface area contributed by atoms with Crippen molar-refractivity contribution in [1.82, 2.24) is 15.2 Å². The van der Waals surface area contributed by atoms with Gasteiger partial charge < -0.3 is 10.2 Å². The van der Waals surface area contributed by atoms with Gasteiger partial charge in [-0.2, -0.15) is 0 Å². The molecule has 148 valence electrons. The molecule has 1 fully saturated rings. The number of hydrogen-bond acceptors (Lipinski definition) is 4. The number of nitrogens with zero attached hydrogens (tertiary/aromatic N) is 2. The van der Waals surface area contributed by atoms with Crippen LogP contribution in [0.4, 0.5) is 0 Å². The van der Waals surface area contributed by atoms with Crippen molar-refractivity contribution in [1.29, 1.82) is 0 Å². The monoisotopic (exact) mass is 405 g/mol. The van der Waals surface area contributed by atoms with E-state index in [2.05, 4.69) is 22.4 Å². The van der Waals surface area contributed by atoms with Crippen molar-refractivity contribution >= 4 is 23.2 Å². The lowest BCUT2D eigenvalue weighted by molar-refractivity contribution is -0.125. The quantitative estimate of drug-likeness (QED) is 0.697. The van der Waals surface area contributed by atoms with E-state index < -0.39 is 6.04 Å². The highest BCUT2D eigenvalue weighted by atomic mass is 32.1. The minimum Gasteiger partial charge on any atom is -0.350 e. The third-order valence-corrected chi connectivity index (χ3v) is 6.24. The highest BCUT2D eigenvalue weighted by molar-refractivity contribution is 7.13. The average molecular weight is 406 g/mol. The van der Waals surface area contributed by atoms with Gasteiger partial charge in [0.2, 0.25) is 5.91 Å². The van der Waals surface area contributed by atoms with Gasteiger partial charge in [-0.3, -0.25) is 9.59 Å². The zero-order valence-electron chi connectivity index (χ0n) is 16.3. The zero-order valence-corrected chi connectivity index (χ0v) is 17.1. The third-order valence-electron chi connectivity index (χ3n) is 5.27. The molecule has 2 amide bonds. The molecule has 0 spiro atoms. The molecule has 4 rings (SSSR count). The Labute approximate surface area is 174 Å². The standard InChI is InChI=1S/C23H23N3O2S/c1-16-21(29-15-25-16)18-11-9-17(10-12-18)14-24-22(27)20-8-5-13-26(20)23(28)19-6-3-2-4-7-19/h2-4,6-7,9-12,15,20H,5,8,13-14H2,1H3,(H,24,27)/t20-/m0/s1. The molecule has 1 atom stereocenters. The largest absolute Gasteiger partial charge is 0.350 e. The molecule has 1 aromatic heterocycles. The van der Waals surface area contributed by atoms with E-state index in [1.165, 1.54) is 4.88 Å². The summed E-state index contributed by atoms with van der Waals surface area (Å²) in [5.74, 6) is -0.165. The second-order valence-corrected chi connectivity index (χ2v) is 8.06. The van der Waals surface area contributed by atoms with Gasteiger partial charge in [-0.1, -0.05) is 42.5 Å². The number of hydrogen-bond donors (Lipinski definition) is 1. The normalized spacial score (nSPS) is 16.0. The smallest absolute Gasteiger partial charge is 0.254 e. The lowest BCUT2D eigenvalue weighted by atomic mass is 10.1. The number of aromatic nitrogens is 1. The maximum absolute atomic E-state index is 12.8. The predicted octanol–water partition coefficient (Wildman–Crippen LogP) is 4.04. The lowest BCUT2D eigenvalue weighted by Crippen LogP contribution is -2.45. The maximum atomic E-state index is 12.8. The third kappa shape index (κ3) is 4.22. The Morgan fingerprint density at radius 3 is 2.59 bits per heavy atom. The molecule has 2 aromatic carbocycles. The Bertz CT molecular complexity index is 998. The molecular formula is C23H23N3O2S. The van der Waals surface area contributed by atoms with E-state index in [1.54, 1.807) is 28.4 Å². The van der Waals surface area contributed by atoms with Crippen LogP contribution in [-0.4, -0.2) is 34.3 Å². The summed E-state index contributed by atoms with van der Waals surface area (Å²) in [4.78, 5) is 32.7. The van der Waals surface area contributed by atoms with Crippen LogP contribution in [0.25, 0.3) is 10.4 Å². The summed E-state index contributed by atoms with van der Waals surface area (Å²) >= 11 is 1.63. The number of amides is 2. The highest BCUT2D eigenvalue weighted by Gasteiger charge is 2.34. The number of rotatable bonds is 5. The van der Waals surface area contributed by atoms with E-state index in [0.29, 0.717) is 25.1 Å². The fourth-order valence-corrected chi connectivity index (χ4v) is 4.50. The van der Waals surface area contributed by atoms with Gasteiger partial charge >= 0.3 is 0 Å². The number of benzene rings is 2. The molecule has 29 heavy (non-hydrogen) atoms. The van der Waals surface area contributed by atoms with Crippen molar-refractivity contribution in [3.8, 4) is 10.4 Å². The van der Waals surface area contributed by atoms with Crippen LogP contribution >= 0.6 is 11.3 Å². The van der Waals surface area contributed by atoms with Crippen LogP contribution < -0.4 is 5.32 Å². The first kappa shape index (κ1) is 19.3. The van der Waals surface area contributed by atoms with Crippen LogP contribution in [0.1, 0.15) is 34.5 Å². The summed E-state index contributed by atoms with van der Waals surface area (Å²) in [5, 5.41) is 3.00. The molecule has 0 unspecified atom stereocenters. The van der Waals surface area contributed by atoms with Crippen LogP contribution in [-0.2, 0) is 11.3 Å². The van der Waals surface area contributed by atoms with Crippen molar-refractivity contribution in [3.05, 3.63) is 76.9 Å². The molecule has 0 radical (unpaired) electrons. The number of thiazole rings is 1. The van der Waals surface area contributed by atoms with Crippen LogP contribution in [0.2, 0.25) is 0 Å². The highest BCUT2D eigenvalue weighted by Crippen LogP contribution is 2.27. The van der Waals surface area contributed by atoms with E-state index in [9.17, 15) is 9.59 Å². The Morgan fingerprint density at radius 2 is 1.90 bits per heavy atom. The number of aryl methyl sites for hydroxylation is 1. The fourth-order valence-electron chi connectivity index (χ4n) is 3.69. The molecule has 1 aliphatic rings. The first-order valence-electron chi connectivity index (χ1n) is 9.76. The topological polar surface area (TPSA) is 62.3 Å². The Kier molecular flexibility index (Phi) is 5.71. The van der Waals surface area contributed by atoms with Crippen molar-refractivity contribution in [2.75, 3.05) is 6.54 Å². The van der Waals surface area contributed by atoms with Gasteiger partial charge in [0.1, 0.15) is 6.04 Å². The molecule has 1 aliphatic heterocycles. The molecule has 6 heteroatoms. The summed E-state index contributed by atoms with van der Waals surface area (Å²) in [5.41, 5.74) is 5.67. The molecule has 1 saturated heterocycles. The zero-order chi connectivity index (χ0) is 20.2. The molecule has 3 aromatic rings. The molecule has 0 saturated carbocycles. The molecular weight excluding hydrogens is 382 g/mol. The van der Waals surface area contributed by atoms with Gasteiger partial charge in [0.15, 0.2) is 0 Å². The van der Waals surface area contributed by atoms with E-state index in [4.69, 9.17) is 0 Å². The van der Waals surface area contributed by atoms with Crippen LogP contribution in [0.3, 0.4) is 0 Å². The van der Waals surface area contributed by atoms with Crippen molar-refractivity contribution in [3.63, 3.8) is 0 Å². The molecule has 5 nitrogen and oxygen atoms in total. The van der Waals surface area contributed by atoms with Gasteiger partial charge in [-0.05, 0) is 43.0 Å². The number of likely N-dealkylation sites (tertiary alicyclic amines) is 1. The van der Waals surface area contributed by atoms with Gasteiger partial charge in [-0.25, -0.2) is 4.98 Å². The molecule has 0 aliphatic carbocycles. The van der Waals surface area contributed by atoms with E-state index in [-0.39, 0.29) is 11.8 Å². The Hall–Kier alpha value is -2.99. The number of carbonyl (C=O) groups excluding carboxylic acids is 2. The summed E-state index contributed by atoms with van der Waals surface area (Å²) < 4.78 is 0. The van der Waals surface area contributed by atoms with Crippen molar-refractivity contribution in [2.45, 2.75) is 32.4 Å². The number of nitrogens with one attached hydrogen (secondary N) is 1. The maximum Gasteiger partial charge on any atom is 0.254 e. The first-order valence-corrected chi connectivity index (χ1v) is 10.6. The second kappa shape index (κ2) is 8.57. The van der Waals surface area contributed by atoms with Crippen molar-refractivity contribution in [2.24, 2.45) is 0 Å². The number of carbonyl (C=O) groups is 2. The van der Waals surface area contributed by atoms with E-state index in [1.807, 2.05) is 42.8 Å². The summed E-state index contributed by atoms with van der Waals surface area (Å²) in [7, 11) is 0. The Morgan fingerprint density at radius 1 is 1.14 bits per heavy atom. The predicted molar refractivity (Wildman–Crippen MR) is 115 cm³/mol.